The molecule has 1 fully saturated rings. The lowest BCUT2D eigenvalue weighted by Crippen LogP contribution is -2.39. The molecule has 0 aliphatic carbocycles. The number of aromatic nitrogens is 4. The highest BCUT2D eigenvalue weighted by molar-refractivity contribution is 5.85. The van der Waals surface area contributed by atoms with Gasteiger partial charge in [-0.1, -0.05) is 0 Å². The summed E-state index contributed by atoms with van der Waals surface area (Å²) in [5, 5.41) is 5.08. The van der Waals surface area contributed by atoms with Crippen molar-refractivity contribution in [2.24, 2.45) is 13.0 Å². The van der Waals surface area contributed by atoms with Crippen LogP contribution in [0.5, 0.6) is 0 Å². The molecule has 4 rings (SSSR count). The molecule has 0 radical (unpaired) electrons. The van der Waals surface area contributed by atoms with Crippen LogP contribution in [0.25, 0.3) is 22.2 Å². The van der Waals surface area contributed by atoms with Gasteiger partial charge < -0.3 is 0 Å². The third kappa shape index (κ3) is 4.64. The summed E-state index contributed by atoms with van der Waals surface area (Å²) in [5.41, 5.74) is 3.19. The van der Waals surface area contributed by atoms with E-state index in [-0.39, 0.29) is 18.7 Å². The molecule has 3 aromatic heterocycles. The van der Waals surface area contributed by atoms with E-state index >= 15 is 0 Å². The van der Waals surface area contributed by atoms with E-state index in [1.807, 2.05) is 36.3 Å². The van der Waals surface area contributed by atoms with Crippen molar-refractivity contribution < 1.29 is 13.6 Å². The second-order valence-corrected chi connectivity index (χ2v) is 7.63. The zero-order valence-corrected chi connectivity index (χ0v) is 16.3. The maximum atomic E-state index is 12.8. The van der Waals surface area contributed by atoms with E-state index < -0.39 is 12.3 Å². The van der Waals surface area contributed by atoms with E-state index in [0.29, 0.717) is 31.6 Å². The summed E-state index contributed by atoms with van der Waals surface area (Å²) in [6.45, 7) is 1.36. The number of nitrogens with zero attached hydrogens (tertiary/aromatic N) is 5. The second-order valence-electron chi connectivity index (χ2n) is 7.63. The van der Waals surface area contributed by atoms with Gasteiger partial charge in [0, 0.05) is 42.0 Å². The zero-order valence-electron chi connectivity index (χ0n) is 16.3. The van der Waals surface area contributed by atoms with Gasteiger partial charge in [0.15, 0.2) is 5.78 Å². The summed E-state index contributed by atoms with van der Waals surface area (Å²) >= 11 is 0. The SMILES string of the molecule is Cn1cc(-c2ccc3cnc(CC(=O)CN4CCC(C(F)F)CC4)cc3n2)cn1. The van der Waals surface area contributed by atoms with Crippen LogP contribution in [0.1, 0.15) is 18.5 Å². The summed E-state index contributed by atoms with van der Waals surface area (Å²) in [4.78, 5) is 23.5. The molecule has 4 heterocycles. The van der Waals surface area contributed by atoms with Crippen molar-refractivity contribution in [3.05, 3.63) is 42.5 Å². The zero-order chi connectivity index (χ0) is 20.4. The van der Waals surface area contributed by atoms with Crippen LogP contribution in [0.4, 0.5) is 8.78 Å². The van der Waals surface area contributed by atoms with E-state index in [0.717, 1.165) is 22.2 Å². The normalized spacial score (nSPS) is 16.0. The van der Waals surface area contributed by atoms with Gasteiger partial charge in [-0.25, -0.2) is 13.8 Å². The third-order valence-corrected chi connectivity index (χ3v) is 5.40. The van der Waals surface area contributed by atoms with Gasteiger partial charge in [-0.05, 0) is 44.1 Å². The molecule has 0 aromatic carbocycles. The molecule has 152 valence electrons. The van der Waals surface area contributed by atoms with Crippen molar-refractivity contribution in [2.45, 2.75) is 25.7 Å². The smallest absolute Gasteiger partial charge is 0.241 e. The Morgan fingerprint density at radius 1 is 1.24 bits per heavy atom. The van der Waals surface area contributed by atoms with E-state index in [2.05, 4.69) is 15.1 Å². The van der Waals surface area contributed by atoms with Gasteiger partial charge in [0.2, 0.25) is 6.43 Å². The van der Waals surface area contributed by atoms with Crippen molar-refractivity contribution in [1.82, 2.24) is 24.6 Å². The maximum absolute atomic E-state index is 12.8. The monoisotopic (exact) mass is 399 g/mol. The van der Waals surface area contributed by atoms with Gasteiger partial charge in [-0.2, -0.15) is 5.10 Å². The molecule has 0 N–H and O–H groups in total. The van der Waals surface area contributed by atoms with Crippen molar-refractivity contribution in [3.63, 3.8) is 0 Å². The van der Waals surface area contributed by atoms with Gasteiger partial charge in [0.05, 0.1) is 30.4 Å². The lowest BCUT2D eigenvalue weighted by Gasteiger charge is -2.30. The first-order valence-electron chi connectivity index (χ1n) is 9.75. The van der Waals surface area contributed by atoms with Crippen LogP contribution < -0.4 is 0 Å². The Labute approximate surface area is 167 Å². The van der Waals surface area contributed by atoms with Crippen LogP contribution in [0.15, 0.2) is 36.8 Å². The summed E-state index contributed by atoms with van der Waals surface area (Å²) in [5.74, 6) is -0.501. The molecular weight excluding hydrogens is 376 g/mol. The Bertz CT molecular complexity index is 1010. The molecule has 0 amide bonds. The summed E-state index contributed by atoms with van der Waals surface area (Å²) in [6.07, 6.45) is 4.23. The highest BCUT2D eigenvalue weighted by Gasteiger charge is 2.26. The first-order valence-corrected chi connectivity index (χ1v) is 9.75. The van der Waals surface area contributed by atoms with Crippen LogP contribution in [-0.4, -0.2) is 56.5 Å². The average molecular weight is 399 g/mol. The molecule has 0 unspecified atom stereocenters. The molecule has 29 heavy (non-hydrogen) atoms. The van der Waals surface area contributed by atoms with Gasteiger partial charge in [0.25, 0.3) is 0 Å². The Morgan fingerprint density at radius 2 is 2.03 bits per heavy atom. The number of piperidine rings is 1. The fraction of sp³-hybridized carbons (Fsp3) is 0.429. The number of rotatable bonds is 6. The predicted octanol–water partition coefficient (Wildman–Crippen LogP) is 3.12. The fourth-order valence-corrected chi connectivity index (χ4v) is 3.74. The van der Waals surface area contributed by atoms with Crippen LogP contribution >= 0.6 is 0 Å². The number of alkyl halides is 2. The molecule has 6 nitrogen and oxygen atoms in total. The Balaban J connectivity index is 1.42. The Kier molecular flexibility index (Phi) is 5.62. The van der Waals surface area contributed by atoms with E-state index in [4.69, 9.17) is 0 Å². The Hall–Kier alpha value is -2.74. The maximum Gasteiger partial charge on any atom is 0.241 e. The number of carbonyl (C=O) groups excluding carboxylic acids is 1. The number of Topliss-reactive ketones (excluding diaryl/α,β-unsaturated/α-hetero) is 1. The molecule has 0 spiro atoms. The van der Waals surface area contributed by atoms with Crippen molar-refractivity contribution >= 4 is 16.7 Å². The number of hydrogen-bond acceptors (Lipinski definition) is 5. The molecule has 8 heteroatoms. The topological polar surface area (TPSA) is 63.9 Å². The number of ketones is 1. The number of halogens is 2. The molecule has 1 saturated heterocycles. The number of pyridine rings is 2. The van der Waals surface area contributed by atoms with E-state index in [1.54, 1.807) is 17.1 Å². The lowest BCUT2D eigenvalue weighted by atomic mass is 9.97. The van der Waals surface area contributed by atoms with Crippen LogP contribution in [0.2, 0.25) is 0 Å². The summed E-state index contributed by atoms with van der Waals surface area (Å²) < 4.78 is 27.2. The largest absolute Gasteiger partial charge is 0.298 e. The number of likely N-dealkylation sites (tertiary alicyclic amines) is 1. The summed E-state index contributed by atoms with van der Waals surface area (Å²) in [6, 6.07) is 5.72. The molecule has 0 atom stereocenters. The lowest BCUT2D eigenvalue weighted by molar-refractivity contribution is -0.120. The first-order chi connectivity index (χ1) is 14.0. The van der Waals surface area contributed by atoms with Crippen molar-refractivity contribution in [3.8, 4) is 11.3 Å². The molecular formula is C21H23F2N5O. The van der Waals surface area contributed by atoms with Gasteiger partial charge in [-0.3, -0.25) is 19.4 Å². The molecule has 0 bridgehead atoms. The minimum absolute atomic E-state index is 0.0377. The fourth-order valence-electron chi connectivity index (χ4n) is 3.74. The highest BCUT2D eigenvalue weighted by Crippen LogP contribution is 2.24. The molecule has 3 aromatic rings. The van der Waals surface area contributed by atoms with Crippen LogP contribution in [0, 0.1) is 5.92 Å². The third-order valence-electron chi connectivity index (χ3n) is 5.40. The highest BCUT2D eigenvalue weighted by atomic mass is 19.3. The van der Waals surface area contributed by atoms with Crippen LogP contribution in [-0.2, 0) is 18.3 Å². The number of carbonyl (C=O) groups is 1. The minimum atomic E-state index is -2.27. The summed E-state index contributed by atoms with van der Waals surface area (Å²) in [7, 11) is 1.86. The molecule has 0 saturated carbocycles. The average Bonchev–Trinajstić information content (AvgIpc) is 3.14. The van der Waals surface area contributed by atoms with Crippen molar-refractivity contribution in [2.75, 3.05) is 19.6 Å². The number of hydrogen-bond donors (Lipinski definition) is 0. The van der Waals surface area contributed by atoms with Gasteiger partial charge >= 0.3 is 0 Å². The van der Waals surface area contributed by atoms with Gasteiger partial charge in [-0.15, -0.1) is 0 Å². The molecule has 1 aliphatic heterocycles. The number of fused-ring (bicyclic) bond motifs is 1. The van der Waals surface area contributed by atoms with E-state index in [9.17, 15) is 13.6 Å². The molecule has 1 aliphatic rings. The minimum Gasteiger partial charge on any atom is -0.298 e. The Morgan fingerprint density at radius 3 is 2.72 bits per heavy atom. The quantitative estimate of drug-likeness (QED) is 0.637. The van der Waals surface area contributed by atoms with Crippen molar-refractivity contribution in [1.29, 1.82) is 0 Å². The standard InChI is InChI=1S/C21H23F2N5O/c1-27-12-16(11-25-27)19-3-2-15-10-24-17(9-20(15)26-19)8-18(29)13-28-6-4-14(5-7-28)21(22)23/h2-3,9-12,14,21H,4-8,13H2,1H3. The second kappa shape index (κ2) is 8.32. The predicted molar refractivity (Wildman–Crippen MR) is 106 cm³/mol. The first kappa shape index (κ1) is 19.6. The van der Waals surface area contributed by atoms with E-state index in [1.165, 1.54) is 0 Å². The van der Waals surface area contributed by atoms with Gasteiger partial charge in [0.1, 0.15) is 0 Å². The van der Waals surface area contributed by atoms with Crippen LogP contribution in [0.3, 0.4) is 0 Å². The number of aryl methyl sites for hydroxylation is 1.